The first kappa shape index (κ1) is 20.6. The van der Waals surface area contributed by atoms with Crippen molar-refractivity contribution in [2.75, 3.05) is 6.54 Å². The minimum atomic E-state index is -0.471. The number of nitrogens with one attached hydrogen (secondary N) is 1. The van der Waals surface area contributed by atoms with E-state index in [4.69, 9.17) is 4.52 Å². The van der Waals surface area contributed by atoms with Gasteiger partial charge in [0, 0.05) is 36.7 Å². The number of rotatable bonds is 7. The van der Waals surface area contributed by atoms with Crippen molar-refractivity contribution in [2.24, 2.45) is 0 Å². The molecule has 2 aromatic heterocycles. The summed E-state index contributed by atoms with van der Waals surface area (Å²) in [5.74, 6) is 0.164. The van der Waals surface area contributed by atoms with Gasteiger partial charge in [0.15, 0.2) is 5.82 Å². The minimum absolute atomic E-state index is 0.151. The number of nitrogens with zero attached hydrogens (tertiary/aromatic N) is 3. The van der Waals surface area contributed by atoms with E-state index >= 15 is 0 Å². The van der Waals surface area contributed by atoms with Crippen LogP contribution in [0.3, 0.4) is 0 Å². The van der Waals surface area contributed by atoms with Crippen molar-refractivity contribution < 1.29 is 13.7 Å². The molecule has 1 atom stereocenters. The number of amides is 1. The Morgan fingerprint density at radius 1 is 1.17 bits per heavy atom. The summed E-state index contributed by atoms with van der Waals surface area (Å²) in [6.45, 7) is 6.37. The summed E-state index contributed by atoms with van der Waals surface area (Å²) in [6, 6.07) is 11.6. The molecule has 0 saturated carbocycles. The second kappa shape index (κ2) is 8.94. The molecule has 1 N–H and O–H groups in total. The number of halogens is 1. The van der Waals surface area contributed by atoms with E-state index in [1.165, 1.54) is 12.1 Å². The first-order chi connectivity index (χ1) is 13.8. The highest BCUT2D eigenvalue weighted by Crippen LogP contribution is 2.22. The van der Waals surface area contributed by atoms with Gasteiger partial charge in [-0.05, 0) is 29.8 Å². The average Bonchev–Trinajstić information content (AvgIpc) is 3.17. The van der Waals surface area contributed by atoms with E-state index in [1.54, 1.807) is 18.3 Å². The van der Waals surface area contributed by atoms with Gasteiger partial charge in [-0.3, -0.25) is 9.78 Å². The number of carbonyl (C=O) groups is 1. The molecule has 7 heteroatoms. The predicted molar refractivity (Wildman–Crippen MR) is 107 cm³/mol. The second-order valence-electron chi connectivity index (χ2n) is 7.94. The van der Waals surface area contributed by atoms with Crippen LogP contribution in [0.25, 0.3) is 0 Å². The van der Waals surface area contributed by atoms with Crippen LogP contribution in [-0.4, -0.2) is 27.6 Å². The lowest BCUT2D eigenvalue weighted by Crippen LogP contribution is -2.32. The highest BCUT2D eigenvalue weighted by atomic mass is 19.1. The molecule has 3 rings (SSSR count). The van der Waals surface area contributed by atoms with Crippen LogP contribution < -0.4 is 5.32 Å². The van der Waals surface area contributed by atoms with Gasteiger partial charge in [-0.25, -0.2) is 4.39 Å². The normalized spacial score (nSPS) is 12.6. The van der Waals surface area contributed by atoms with Crippen molar-refractivity contribution in [3.63, 3.8) is 0 Å². The van der Waals surface area contributed by atoms with Gasteiger partial charge in [0.1, 0.15) is 5.82 Å². The molecule has 0 fully saturated rings. The third-order valence-electron chi connectivity index (χ3n) is 4.49. The quantitative estimate of drug-likeness (QED) is 0.660. The SMILES string of the molecule is CC(C)(C)c1nc(CCNC(=O)C(Cc2ccccn2)c2ccc(F)cc2)no1. The Morgan fingerprint density at radius 3 is 2.55 bits per heavy atom. The Morgan fingerprint density at radius 2 is 1.93 bits per heavy atom. The second-order valence-corrected chi connectivity index (χ2v) is 7.94. The standard InChI is InChI=1S/C22H25FN4O2/c1-22(2,3)21-26-19(27-29-21)11-13-25-20(28)18(14-17-6-4-5-12-24-17)15-7-9-16(23)10-8-15/h4-10,12,18H,11,13-14H2,1-3H3,(H,25,28). The van der Waals surface area contributed by atoms with Gasteiger partial charge in [0.2, 0.25) is 11.8 Å². The Labute approximate surface area is 169 Å². The van der Waals surface area contributed by atoms with Crippen LogP contribution in [0.2, 0.25) is 0 Å². The number of hydrogen-bond donors (Lipinski definition) is 1. The molecule has 152 valence electrons. The molecular weight excluding hydrogens is 371 g/mol. The number of aromatic nitrogens is 3. The smallest absolute Gasteiger partial charge is 0.232 e. The van der Waals surface area contributed by atoms with E-state index in [9.17, 15) is 9.18 Å². The van der Waals surface area contributed by atoms with E-state index in [0.717, 1.165) is 11.3 Å². The van der Waals surface area contributed by atoms with Crippen LogP contribution in [0.4, 0.5) is 4.39 Å². The highest BCUT2D eigenvalue weighted by Gasteiger charge is 2.23. The van der Waals surface area contributed by atoms with Gasteiger partial charge in [0.05, 0.1) is 5.92 Å². The van der Waals surface area contributed by atoms with Gasteiger partial charge in [-0.15, -0.1) is 0 Å². The topological polar surface area (TPSA) is 80.9 Å². The third kappa shape index (κ3) is 5.70. The first-order valence-corrected chi connectivity index (χ1v) is 9.59. The van der Waals surface area contributed by atoms with Crippen LogP contribution in [0.1, 0.15) is 49.7 Å². The fourth-order valence-electron chi connectivity index (χ4n) is 2.87. The molecule has 2 heterocycles. The predicted octanol–water partition coefficient (Wildman–Crippen LogP) is 3.59. The van der Waals surface area contributed by atoms with Gasteiger partial charge in [0.25, 0.3) is 0 Å². The zero-order valence-corrected chi connectivity index (χ0v) is 16.9. The van der Waals surface area contributed by atoms with Gasteiger partial charge in [-0.1, -0.05) is 44.1 Å². The molecule has 0 aliphatic carbocycles. The molecule has 1 unspecified atom stereocenters. The molecule has 0 saturated heterocycles. The zero-order valence-electron chi connectivity index (χ0n) is 16.9. The zero-order chi connectivity index (χ0) is 20.9. The lowest BCUT2D eigenvalue weighted by Gasteiger charge is -2.17. The molecule has 0 bridgehead atoms. The van der Waals surface area contributed by atoms with Crippen LogP contribution in [0.15, 0.2) is 53.2 Å². The van der Waals surface area contributed by atoms with Crippen LogP contribution in [0, 0.1) is 5.82 Å². The summed E-state index contributed by atoms with van der Waals surface area (Å²) in [5, 5.41) is 6.90. The molecule has 0 spiro atoms. The summed E-state index contributed by atoms with van der Waals surface area (Å²) >= 11 is 0. The van der Waals surface area contributed by atoms with Crippen molar-refractivity contribution in [2.45, 2.75) is 44.9 Å². The summed E-state index contributed by atoms with van der Waals surface area (Å²) in [7, 11) is 0. The van der Waals surface area contributed by atoms with Crippen molar-refractivity contribution in [1.29, 1.82) is 0 Å². The summed E-state index contributed by atoms with van der Waals surface area (Å²) in [6.07, 6.45) is 2.58. The molecule has 3 aromatic rings. The van der Waals surface area contributed by atoms with Crippen LogP contribution >= 0.6 is 0 Å². The summed E-state index contributed by atoms with van der Waals surface area (Å²) in [5.41, 5.74) is 1.32. The monoisotopic (exact) mass is 396 g/mol. The Hall–Kier alpha value is -3.09. The maximum absolute atomic E-state index is 13.3. The van der Waals surface area contributed by atoms with Crippen LogP contribution in [0.5, 0.6) is 0 Å². The van der Waals surface area contributed by atoms with E-state index in [-0.39, 0.29) is 17.1 Å². The maximum Gasteiger partial charge on any atom is 0.232 e. The van der Waals surface area contributed by atoms with E-state index < -0.39 is 5.92 Å². The molecule has 29 heavy (non-hydrogen) atoms. The van der Waals surface area contributed by atoms with Gasteiger partial charge >= 0.3 is 0 Å². The third-order valence-corrected chi connectivity index (χ3v) is 4.49. The number of hydrogen-bond acceptors (Lipinski definition) is 5. The Balaban J connectivity index is 1.66. The summed E-state index contributed by atoms with van der Waals surface area (Å²) < 4.78 is 18.6. The fourth-order valence-corrected chi connectivity index (χ4v) is 2.87. The van der Waals surface area contributed by atoms with Crippen molar-refractivity contribution >= 4 is 5.91 Å². The van der Waals surface area contributed by atoms with Crippen LogP contribution in [-0.2, 0) is 23.1 Å². The molecule has 0 aliphatic rings. The molecule has 1 amide bonds. The lowest BCUT2D eigenvalue weighted by atomic mass is 9.93. The maximum atomic E-state index is 13.3. The largest absolute Gasteiger partial charge is 0.355 e. The van der Waals surface area contributed by atoms with Crippen molar-refractivity contribution in [3.05, 3.63) is 77.5 Å². The molecule has 0 radical (unpaired) electrons. The van der Waals surface area contributed by atoms with E-state index in [0.29, 0.717) is 31.1 Å². The average molecular weight is 396 g/mol. The molecule has 0 aliphatic heterocycles. The number of pyridine rings is 1. The summed E-state index contributed by atoms with van der Waals surface area (Å²) in [4.78, 5) is 21.6. The van der Waals surface area contributed by atoms with Gasteiger partial charge in [-0.2, -0.15) is 4.98 Å². The van der Waals surface area contributed by atoms with E-state index in [1.807, 2.05) is 39.0 Å². The van der Waals surface area contributed by atoms with E-state index in [2.05, 4.69) is 20.4 Å². The molecule has 6 nitrogen and oxygen atoms in total. The molecular formula is C22H25FN4O2. The van der Waals surface area contributed by atoms with Crippen molar-refractivity contribution in [3.8, 4) is 0 Å². The fraction of sp³-hybridized carbons (Fsp3) is 0.364. The molecule has 1 aromatic carbocycles. The minimum Gasteiger partial charge on any atom is -0.355 e. The lowest BCUT2D eigenvalue weighted by molar-refractivity contribution is -0.122. The Bertz CT molecular complexity index is 933. The van der Waals surface area contributed by atoms with Gasteiger partial charge < -0.3 is 9.84 Å². The van der Waals surface area contributed by atoms with Crippen molar-refractivity contribution in [1.82, 2.24) is 20.4 Å². The first-order valence-electron chi connectivity index (χ1n) is 9.59. The number of carbonyl (C=O) groups excluding carboxylic acids is 1. The highest BCUT2D eigenvalue weighted by molar-refractivity contribution is 5.83. The number of benzene rings is 1. The Kier molecular flexibility index (Phi) is 6.36.